The third kappa shape index (κ3) is 4.57. The molecule has 8 nitrogen and oxygen atoms in total. The summed E-state index contributed by atoms with van der Waals surface area (Å²) in [5, 5.41) is 8.82. The first-order valence-corrected chi connectivity index (χ1v) is 12.4. The number of hydrogen-bond acceptors (Lipinski definition) is 7. The van der Waals surface area contributed by atoms with Crippen LogP contribution in [0.2, 0.25) is 0 Å². The van der Waals surface area contributed by atoms with Crippen molar-refractivity contribution >= 4 is 39.9 Å². The van der Waals surface area contributed by atoms with E-state index in [0.717, 1.165) is 16.5 Å². The van der Waals surface area contributed by atoms with Gasteiger partial charge in [-0.25, -0.2) is 9.97 Å². The number of carbonyl (C=O) groups is 1. The molecule has 2 heterocycles. The van der Waals surface area contributed by atoms with E-state index in [0.29, 0.717) is 40.2 Å². The van der Waals surface area contributed by atoms with Crippen LogP contribution in [0.5, 0.6) is 11.5 Å². The highest BCUT2D eigenvalue weighted by molar-refractivity contribution is 8.00. The Morgan fingerprint density at radius 1 is 1.00 bits per heavy atom. The molecule has 0 saturated carbocycles. The minimum atomic E-state index is -0.429. The first kappa shape index (κ1) is 23.6. The van der Waals surface area contributed by atoms with E-state index in [4.69, 9.17) is 24.5 Å². The van der Waals surface area contributed by atoms with Crippen molar-refractivity contribution in [3.8, 4) is 22.9 Å². The molecule has 0 aliphatic carbocycles. The first-order valence-electron chi connectivity index (χ1n) is 11.5. The Morgan fingerprint density at radius 2 is 1.78 bits per heavy atom. The lowest BCUT2D eigenvalue weighted by Gasteiger charge is -2.17. The number of fused-ring (bicyclic) bond motifs is 3. The molecule has 1 N–H and O–H groups in total. The number of rotatable bonds is 8. The van der Waals surface area contributed by atoms with Gasteiger partial charge in [-0.15, -0.1) is 5.10 Å². The summed E-state index contributed by atoms with van der Waals surface area (Å²) in [6.45, 7) is 1.97. The van der Waals surface area contributed by atoms with E-state index in [9.17, 15) is 4.79 Å². The first-order chi connectivity index (χ1) is 17.6. The van der Waals surface area contributed by atoms with Crippen LogP contribution in [0.1, 0.15) is 13.3 Å². The summed E-state index contributed by atoms with van der Waals surface area (Å²) in [5.74, 6) is 1.62. The van der Waals surface area contributed by atoms with Gasteiger partial charge in [-0.05, 0) is 30.7 Å². The Balaban J connectivity index is 1.52. The summed E-state index contributed by atoms with van der Waals surface area (Å²) in [6, 6.07) is 22.9. The average molecular weight is 500 g/mol. The number of hydrogen-bond donors (Lipinski definition) is 1. The minimum Gasteiger partial charge on any atom is -0.497 e. The summed E-state index contributed by atoms with van der Waals surface area (Å²) in [6.07, 6.45) is 0.582. The lowest BCUT2D eigenvalue weighted by molar-refractivity contribution is -0.115. The highest BCUT2D eigenvalue weighted by Crippen LogP contribution is 2.32. The topological polar surface area (TPSA) is 90.6 Å². The van der Waals surface area contributed by atoms with E-state index in [1.165, 1.54) is 11.8 Å². The normalized spacial score (nSPS) is 12.0. The maximum atomic E-state index is 13.3. The summed E-state index contributed by atoms with van der Waals surface area (Å²) in [4.78, 5) is 23.0. The molecule has 2 aromatic heterocycles. The third-order valence-electron chi connectivity index (χ3n) is 5.76. The minimum absolute atomic E-state index is 0.166. The fraction of sp³-hybridized carbons (Fsp3) is 0.185. The lowest BCUT2D eigenvalue weighted by Crippen LogP contribution is -2.25. The highest BCUT2D eigenvalue weighted by Gasteiger charge is 2.24. The summed E-state index contributed by atoms with van der Waals surface area (Å²) in [5.41, 5.74) is 2.96. The number of carbonyl (C=O) groups excluding carboxylic acids is 1. The van der Waals surface area contributed by atoms with E-state index in [1.54, 1.807) is 36.9 Å². The molecule has 1 atom stereocenters. The summed E-state index contributed by atoms with van der Waals surface area (Å²) >= 11 is 1.36. The van der Waals surface area contributed by atoms with E-state index < -0.39 is 5.25 Å². The second-order valence-electron chi connectivity index (χ2n) is 8.02. The van der Waals surface area contributed by atoms with Gasteiger partial charge in [-0.1, -0.05) is 61.2 Å². The van der Waals surface area contributed by atoms with Crippen molar-refractivity contribution in [1.29, 1.82) is 0 Å². The number of amides is 1. The van der Waals surface area contributed by atoms with Gasteiger partial charge >= 0.3 is 0 Å². The number of thioether (sulfide) groups is 1. The molecule has 0 fully saturated rings. The average Bonchev–Trinajstić information content (AvgIpc) is 3.38. The van der Waals surface area contributed by atoms with Crippen LogP contribution in [0.15, 0.2) is 78.0 Å². The molecule has 1 amide bonds. The van der Waals surface area contributed by atoms with Crippen LogP contribution >= 0.6 is 11.8 Å². The maximum absolute atomic E-state index is 13.3. The number of aromatic nitrogens is 4. The molecular weight excluding hydrogens is 474 g/mol. The van der Waals surface area contributed by atoms with Gasteiger partial charge in [0.1, 0.15) is 11.5 Å². The Kier molecular flexibility index (Phi) is 6.73. The van der Waals surface area contributed by atoms with Crippen molar-refractivity contribution in [2.45, 2.75) is 23.8 Å². The molecular formula is C27H25N5O3S. The van der Waals surface area contributed by atoms with Crippen LogP contribution in [-0.4, -0.2) is 45.0 Å². The van der Waals surface area contributed by atoms with Crippen LogP contribution in [0.25, 0.3) is 27.9 Å². The molecule has 0 spiro atoms. The van der Waals surface area contributed by atoms with Crippen molar-refractivity contribution in [2.24, 2.45) is 0 Å². The summed E-state index contributed by atoms with van der Waals surface area (Å²) < 4.78 is 12.5. The maximum Gasteiger partial charge on any atom is 0.238 e. The largest absolute Gasteiger partial charge is 0.497 e. The zero-order valence-electron chi connectivity index (χ0n) is 20.1. The smallest absolute Gasteiger partial charge is 0.238 e. The molecule has 0 bridgehead atoms. The van der Waals surface area contributed by atoms with Gasteiger partial charge in [-0.2, -0.15) is 4.52 Å². The van der Waals surface area contributed by atoms with Gasteiger partial charge in [0.15, 0.2) is 16.6 Å². The number of para-hydroxylation sites is 1. The molecule has 0 aliphatic rings. The van der Waals surface area contributed by atoms with Crippen molar-refractivity contribution in [3.05, 3.63) is 72.8 Å². The Hall–Kier alpha value is -4.11. The van der Waals surface area contributed by atoms with Crippen LogP contribution in [0.3, 0.4) is 0 Å². The van der Waals surface area contributed by atoms with Gasteiger partial charge in [-0.3, -0.25) is 4.79 Å². The van der Waals surface area contributed by atoms with E-state index in [2.05, 4.69) is 5.32 Å². The van der Waals surface area contributed by atoms with Gasteiger partial charge in [0.05, 0.1) is 30.7 Å². The molecule has 9 heteroatoms. The lowest BCUT2D eigenvalue weighted by atomic mass is 10.2. The van der Waals surface area contributed by atoms with Crippen molar-refractivity contribution < 1.29 is 14.3 Å². The predicted octanol–water partition coefficient (Wildman–Crippen LogP) is 5.47. The molecule has 3 aromatic carbocycles. The van der Waals surface area contributed by atoms with E-state index in [-0.39, 0.29) is 5.91 Å². The fourth-order valence-corrected chi connectivity index (χ4v) is 4.86. The summed E-state index contributed by atoms with van der Waals surface area (Å²) in [7, 11) is 3.14. The number of anilines is 1. The molecule has 0 saturated heterocycles. The van der Waals surface area contributed by atoms with E-state index in [1.807, 2.05) is 61.5 Å². The molecule has 0 aliphatic heterocycles. The monoisotopic (exact) mass is 499 g/mol. The van der Waals surface area contributed by atoms with Crippen LogP contribution in [0, 0.1) is 0 Å². The molecule has 182 valence electrons. The molecule has 1 unspecified atom stereocenters. The van der Waals surface area contributed by atoms with Crippen molar-refractivity contribution in [1.82, 2.24) is 19.6 Å². The van der Waals surface area contributed by atoms with E-state index >= 15 is 0 Å². The van der Waals surface area contributed by atoms with Crippen molar-refractivity contribution in [3.63, 3.8) is 0 Å². The number of benzene rings is 3. The fourth-order valence-electron chi connectivity index (χ4n) is 3.89. The predicted molar refractivity (Wildman–Crippen MR) is 142 cm³/mol. The number of nitrogens with one attached hydrogen (secondary N) is 1. The van der Waals surface area contributed by atoms with Gasteiger partial charge < -0.3 is 14.8 Å². The molecule has 5 aromatic rings. The van der Waals surface area contributed by atoms with Crippen LogP contribution in [-0.2, 0) is 4.79 Å². The van der Waals surface area contributed by atoms with Gasteiger partial charge in [0.25, 0.3) is 0 Å². The van der Waals surface area contributed by atoms with Crippen LogP contribution in [0.4, 0.5) is 5.69 Å². The standard InChI is InChI=1S/C27H25N5O3S/c1-4-23(26(33)28-21-16-18(34-2)14-15-22(21)35-3)36-27-29-20-13-9-8-12-19(20)25-30-24(31-32(25)27)17-10-6-5-7-11-17/h5-16,23H,4H2,1-3H3,(H,28,33). The highest BCUT2D eigenvalue weighted by atomic mass is 32.2. The number of methoxy groups -OCH3 is 2. The Labute approximate surface area is 212 Å². The van der Waals surface area contributed by atoms with Gasteiger partial charge in [0, 0.05) is 17.0 Å². The van der Waals surface area contributed by atoms with Gasteiger partial charge in [0.2, 0.25) is 5.91 Å². The Bertz CT molecular complexity index is 1540. The molecule has 36 heavy (non-hydrogen) atoms. The zero-order valence-corrected chi connectivity index (χ0v) is 21.0. The second-order valence-corrected chi connectivity index (χ2v) is 9.19. The van der Waals surface area contributed by atoms with Crippen molar-refractivity contribution in [2.75, 3.05) is 19.5 Å². The number of ether oxygens (including phenoxy) is 2. The quantitative estimate of drug-likeness (QED) is 0.224. The molecule has 5 rings (SSSR count). The number of nitrogens with zero attached hydrogens (tertiary/aromatic N) is 4. The third-order valence-corrected chi connectivity index (χ3v) is 7.06. The van der Waals surface area contributed by atoms with Crippen LogP contribution < -0.4 is 14.8 Å². The zero-order chi connectivity index (χ0) is 25.1. The SMILES string of the molecule is CCC(Sc1nc2ccccc2c2nc(-c3ccccc3)nn12)C(=O)Nc1cc(OC)ccc1OC. The Morgan fingerprint density at radius 3 is 2.53 bits per heavy atom. The molecule has 0 radical (unpaired) electrons. The second kappa shape index (κ2) is 10.2.